The largest absolute Gasteiger partial charge is 0.507 e. The van der Waals surface area contributed by atoms with Gasteiger partial charge in [-0.3, -0.25) is 9.59 Å². The number of methoxy groups -OCH3 is 1. The smallest absolute Gasteiger partial charge is 0.312 e. The molecule has 1 atom stereocenters. The minimum Gasteiger partial charge on any atom is -0.507 e. The van der Waals surface area contributed by atoms with Crippen molar-refractivity contribution >= 4 is 28.5 Å². The molecule has 7 nitrogen and oxygen atoms in total. The SMILES string of the molecule is COc1ccc(C2CC(=O)Oc3cc(O)c4c(=O)c(-c5ccc(Cl)cc5)coc4c32)cc1O. The van der Waals surface area contributed by atoms with Crippen LogP contribution in [-0.4, -0.2) is 23.3 Å². The van der Waals surface area contributed by atoms with E-state index in [2.05, 4.69) is 0 Å². The van der Waals surface area contributed by atoms with Gasteiger partial charge in [0.05, 0.1) is 19.1 Å². The monoisotopic (exact) mass is 464 g/mol. The number of phenolic OH excluding ortho intramolecular Hbond substituents is 2. The normalized spacial score (nSPS) is 15.2. The topological polar surface area (TPSA) is 106 Å². The summed E-state index contributed by atoms with van der Waals surface area (Å²) >= 11 is 5.95. The Morgan fingerprint density at radius 2 is 1.79 bits per heavy atom. The number of ether oxygens (including phenoxy) is 2. The van der Waals surface area contributed by atoms with Crippen molar-refractivity contribution in [1.82, 2.24) is 0 Å². The maximum Gasteiger partial charge on any atom is 0.312 e. The van der Waals surface area contributed by atoms with E-state index in [1.807, 2.05) is 0 Å². The molecular weight excluding hydrogens is 448 g/mol. The predicted molar refractivity (Wildman–Crippen MR) is 121 cm³/mol. The van der Waals surface area contributed by atoms with Gasteiger partial charge < -0.3 is 24.1 Å². The Morgan fingerprint density at radius 3 is 2.48 bits per heavy atom. The van der Waals surface area contributed by atoms with Crippen LogP contribution in [0.3, 0.4) is 0 Å². The first kappa shape index (κ1) is 20.9. The lowest BCUT2D eigenvalue weighted by Crippen LogP contribution is -2.22. The van der Waals surface area contributed by atoms with Crippen LogP contribution in [0, 0.1) is 0 Å². The van der Waals surface area contributed by atoms with E-state index in [0.717, 1.165) is 0 Å². The number of hydrogen-bond acceptors (Lipinski definition) is 7. The summed E-state index contributed by atoms with van der Waals surface area (Å²) in [6.07, 6.45) is 1.27. The van der Waals surface area contributed by atoms with Gasteiger partial charge in [-0.05, 0) is 35.4 Å². The molecule has 1 aromatic heterocycles. The molecule has 2 N–H and O–H groups in total. The van der Waals surface area contributed by atoms with Gasteiger partial charge in [-0.2, -0.15) is 0 Å². The zero-order valence-electron chi connectivity index (χ0n) is 17.3. The van der Waals surface area contributed by atoms with Crippen LogP contribution in [0.1, 0.15) is 23.5 Å². The number of rotatable bonds is 3. The average Bonchev–Trinajstić information content (AvgIpc) is 2.79. The Bertz CT molecular complexity index is 1470. The van der Waals surface area contributed by atoms with Crippen molar-refractivity contribution < 1.29 is 28.9 Å². The fourth-order valence-electron chi connectivity index (χ4n) is 4.17. The van der Waals surface area contributed by atoms with E-state index in [1.165, 1.54) is 25.5 Å². The first-order valence-corrected chi connectivity index (χ1v) is 10.4. The summed E-state index contributed by atoms with van der Waals surface area (Å²) in [6.45, 7) is 0. The van der Waals surface area contributed by atoms with E-state index in [9.17, 15) is 19.8 Å². The van der Waals surface area contributed by atoms with Gasteiger partial charge in [-0.15, -0.1) is 0 Å². The lowest BCUT2D eigenvalue weighted by Gasteiger charge is -2.26. The molecule has 8 heteroatoms. The van der Waals surface area contributed by atoms with Crippen molar-refractivity contribution in [3.8, 4) is 34.1 Å². The molecule has 33 heavy (non-hydrogen) atoms. The van der Waals surface area contributed by atoms with Gasteiger partial charge >= 0.3 is 5.97 Å². The van der Waals surface area contributed by atoms with Gasteiger partial charge in [0.25, 0.3) is 0 Å². The molecule has 0 spiro atoms. The quantitative estimate of drug-likeness (QED) is 0.325. The van der Waals surface area contributed by atoms with E-state index in [1.54, 1.807) is 36.4 Å². The number of aromatic hydroxyl groups is 2. The molecule has 1 aliphatic rings. The van der Waals surface area contributed by atoms with Crippen LogP contribution in [0.25, 0.3) is 22.1 Å². The minimum atomic E-state index is -0.578. The third-order valence-corrected chi connectivity index (χ3v) is 5.98. The maximum absolute atomic E-state index is 13.3. The van der Waals surface area contributed by atoms with Crippen LogP contribution in [0.4, 0.5) is 0 Å². The number of carbonyl (C=O) groups excluding carboxylic acids is 1. The first-order chi connectivity index (χ1) is 15.9. The molecule has 5 rings (SSSR count). The molecule has 0 aliphatic carbocycles. The van der Waals surface area contributed by atoms with Gasteiger partial charge in [0.1, 0.15) is 28.7 Å². The Morgan fingerprint density at radius 1 is 1.03 bits per heavy atom. The molecule has 0 amide bonds. The summed E-state index contributed by atoms with van der Waals surface area (Å²) in [7, 11) is 1.44. The highest BCUT2D eigenvalue weighted by atomic mass is 35.5. The van der Waals surface area contributed by atoms with Crippen molar-refractivity contribution in [1.29, 1.82) is 0 Å². The second-order valence-electron chi connectivity index (χ2n) is 7.66. The number of halogens is 1. The van der Waals surface area contributed by atoms with E-state index in [-0.39, 0.29) is 46.0 Å². The molecule has 0 radical (unpaired) electrons. The highest BCUT2D eigenvalue weighted by Crippen LogP contribution is 2.46. The number of hydrogen-bond donors (Lipinski definition) is 2. The Kier molecular flexibility index (Phi) is 4.98. The second-order valence-corrected chi connectivity index (χ2v) is 8.10. The summed E-state index contributed by atoms with van der Waals surface area (Å²) in [5.41, 5.74) is 1.54. The Labute approximate surface area is 192 Å². The molecule has 1 aliphatic heterocycles. The van der Waals surface area contributed by atoms with Crippen LogP contribution in [0.15, 0.2) is 64.0 Å². The lowest BCUT2D eigenvalue weighted by molar-refractivity contribution is -0.135. The fraction of sp³-hybridized carbons (Fsp3) is 0.120. The maximum atomic E-state index is 13.3. The van der Waals surface area contributed by atoms with Crippen LogP contribution in [0.2, 0.25) is 5.02 Å². The third-order valence-electron chi connectivity index (χ3n) is 5.73. The molecule has 2 heterocycles. The van der Waals surface area contributed by atoms with Crippen molar-refractivity contribution in [3.05, 3.63) is 81.2 Å². The molecule has 0 saturated heterocycles. The van der Waals surface area contributed by atoms with Gasteiger partial charge in [-0.25, -0.2) is 0 Å². The van der Waals surface area contributed by atoms with E-state index in [4.69, 9.17) is 25.5 Å². The number of esters is 1. The summed E-state index contributed by atoms with van der Waals surface area (Å²) < 4.78 is 16.3. The first-order valence-electron chi connectivity index (χ1n) is 10.0. The molecule has 4 aromatic rings. The van der Waals surface area contributed by atoms with Crippen LogP contribution < -0.4 is 14.9 Å². The zero-order valence-corrected chi connectivity index (χ0v) is 18.1. The molecule has 1 unspecified atom stereocenters. The summed E-state index contributed by atoms with van der Waals surface area (Å²) in [5, 5.41) is 21.4. The van der Waals surface area contributed by atoms with Crippen LogP contribution in [0.5, 0.6) is 23.0 Å². The summed E-state index contributed by atoms with van der Waals surface area (Å²) in [4.78, 5) is 25.7. The van der Waals surface area contributed by atoms with Gasteiger partial charge in [0.2, 0.25) is 5.43 Å². The number of benzene rings is 3. The molecule has 166 valence electrons. The standard InChI is InChI=1S/C25H17ClO7/c1-31-19-7-4-13(8-17(19)27)15-9-21(29)33-20-10-18(28)23-24(30)16(11-32-25(23)22(15)20)12-2-5-14(26)6-3-12/h2-8,10-11,15,27-28H,9H2,1H3. The number of carbonyl (C=O) groups is 1. The lowest BCUT2D eigenvalue weighted by atomic mass is 9.84. The fourth-order valence-corrected chi connectivity index (χ4v) is 4.30. The number of fused-ring (bicyclic) bond motifs is 3. The van der Waals surface area contributed by atoms with E-state index in [0.29, 0.717) is 21.7 Å². The van der Waals surface area contributed by atoms with Gasteiger partial charge in [0, 0.05) is 22.6 Å². The van der Waals surface area contributed by atoms with Crippen molar-refractivity contribution in [2.75, 3.05) is 7.11 Å². The van der Waals surface area contributed by atoms with Crippen LogP contribution in [-0.2, 0) is 4.79 Å². The highest BCUT2D eigenvalue weighted by Gasteiger charge is 2.34. The number of phenols is 2. The van der Waals surface area contributed by atoms with Crippen molar-refractivity contribution in [2.24, 2.45) is 0 Å². The molecule has 0 saturated carbocycles. The Balaban J connectivity index is 1.75. The van der Waals surface area contributed by atoms with E-state index < -0.39 is 17.3 Å². The summed E-state index contributed by atoms with van der Waals surface area (Å²) in [5.74, 6) is -1.16. The second kappa shape index (κ2) is 7.86. The molecule has 0 bridgehead atoms. The zero-order chi connectivity index (χ0) is 23.3. The average molecular weight is 465 g/mol. The highest BCUT2D eigenvalue weighted by molar-refractivity contribution is 6.30. The minimum absolute atomic E-state index is 0.0260. The van der Waals surface area contributed by atoms with Gasteiger partial charge in [0.15, 0.2) is 11.5 Å². The third kappa shape index (κ3) is 3.47. The van der Waals surface area contributed by atoms with Gasteiger partial charge in [-0.1, -0.05) is 29.8 Å². The van der Waals surface area contributed by atoms with Crippen molar-refractivity contribution in [2.45, 2.75) is 12.3 Å². The molecule has 3 aromatic carbocycles. The van der Waals surface area contributed by atoms with Crippen molar-refractivity contribution in [3.63, 3.8) is 0 Å². The van der Waals surface area contributed by atoms with Crippen LogP contribution >= 0.6 is 11.6 Å². The summed E-state index contributed by atoms with van der Waals surface area (Å²) in [6, 6.07) is 12.7. The molecule has 0 fully saturated rings. The Hall–Kier alpha value is -3.97. The predicted octanol–water partition coefficient (Wildman–Crippen LogP) is 4.97. The van der Waals surface area contributed by atoms with E-state index >= 15 is 0 Å². The molecular formula is C25H17ClO7.